The number of sulfonamides is 1. The van der Waals surface area contributed by atoms with E-state index in [0.29, 0.717) is 50.8 Å². The summed E-state index contributed by atoms with van der Waals surface area (Å²) in [6.45, 7) is 6.06. The van der Waals surface area contributed by atoms with Crippen molar-refractivity contribution in [2.24, 2.45) is 0 Å². The van der Waals surface area contributed by atoms with Crippen LogP contribution in [0.2, 0.25) is 0 Å². The number of thiophene rings is 1. The van der Waals surface area contributed by atoms with Crippen molar-refractivity contribution in [3.63, 3.8) is 0 Å². The van der Waals surface area contributed by atoms with Gasteiger partial charge in [0.1, 0.15) is 0 Å². The molecule has 0 aliphatic carbocycles. The second-order valence-electron chi connectivity index (χ2n) is 8.97. The van der Waals surface area contributed by atoms with Crippen LogP contribution in [-0.2, 0) is 26.1 Å². The van der Waals surface area contributed by atoms with E-state index in [1.54, 1.807) is 23.7 Å². The minimum atomic E-state index is -5.08. The van der Waals surface area contributed by atoms with Crippen molar-refractivity contribution in [1.29, 1.82) is 0 Å². The molecule has 2 aliphatic rings. The van der Waals surface area contributed by atoms with Crippen LogP contribution in [-0.4, -0.2) is 114 Å². The predicted octanol–water partition coefficient (Wildman–Crippen LogP) is 1.28. The van der Waals surface area contributed by atoms with Gasteiger partial charge in [-0.15, -0.1) is 11.3 Å². The van der Waals surface area contributed by atoms with E-state index in [9.17, 15) is 21.6 Å². The highest BCUT2D eigenvalue weighted by Gasteiger charge is 2.38. The van der Waals surface area contributed by atoms with Gasteiger partial charge in [-0.1, -0.05) is 0 Å². The largest absolute Gasteiger partial charge is 0.490 e. The van der Waals surface area contributed by atoms with Gasteiger partial charge in [-0.05, 0) is 6.07 Å². The van der Waals surface area contributed by atoms with E-state index in [4.69, 9.17) is 30.3 Å². The van der Waals surface area contributed by atoms with Crippen LogP contribution in [0.15, 0.2) is 18.5 Å². The molecule has 0 unspecified atom stereocenters. The Morgan fingerprint density at radius 3 is 2.25 bits per heavy atom. The molecule has 5 rings (SSSR count). The van der Waals surface area contributed by atoms with E-state index in [-0.39, 0.29) is 5.95 Å². The maximum atomic E-state index is 11.8. The third-order valence-corrected chi connectivity index (χ3v) is 8.48. The number of rotatable bonds is 5. The Kier molecular flexibility index (Phi) is 9.03. The molecule has 3 aromatic rings. The van der Waals surface area contributed by atoms with Gasteiger partial charge in [-0.3, -0.25) is 4.90 Å². The highest BCUT2D eigenvalue weighted by molar-refractivity contribution is 7.88. The Labute approximate surface area is 231 Å². The van der Waals surface area contributed by atoms with Gasteiger partial charge in [-0.25, -0.2) is 33.1 Å². The lowest BCUT2D eigenvalue weighted by Gasteiger charge is -2.32. The molecule has 40 heavy (non-hydrogen) atoms. The van der Waals surface area contributed by atoms with Crippen LogP contribution in [0.5, 0.6) is 0 Å². The molecule has 3 N–H and O–H groups in total. The van der Waals surface area contributed by atoms with Crippen LogP contribution in [0.1, 0.15) is 4.88 Å². The van der Waals surface area contributed by atoms with E-state index in [2.05, 4.69) is 25.8 Å². The molecular formula is C22H27F3N8O5S2. The lowest BCUT2D eigenvalue weighted by molar-refractivity contribution is -0.192. The zero-order valence-corrected chi connectivity index (χ0v) is 23.0. The number of carboxylic acids is 1. The number of nitrogens with two attached hydrogens (primary N) is 1. The number of fused-ring (bicyclic) bond motifs is 1. The van der Waals surface area contributed by atoms with Gasteiger partial charge in [0.05, 0.1) is 35.2 Å². The number of ether oxygens (including phenoxy) is 1. The second kappa shape index (κ2) is 12.1. The molecule has 0 atom stereocenters. The standard InChI is InChI=1S/C20H26N8O3S2.C2HF3O2/c1-33(29,30)28-4-2-26(3-5-28)13-15-10-16-17(32-15)19(27-6-8-31-9-7-27)25-18(24-16)14-11-22-20(21)23-12-14;3-2(4,5)1(6)7/h10-12H,2-9,13H2,1H3,(H2,21,22,23);(H,6,7). The zero-order chi connectivity index (χ0) is 29.1. The van der Waals surface area contributed by atoms with Gasteiger partial charge in [0, 0.05) is 63.1 Å². The van der Waals surface area contributed by atoms with Crippen molar-refractivity contribution in [1.82, 2.24) is 29.1 Å². The van der Waals surface area contributed by atoms with Crippen LogP contribution in [0, 0.1) is 0 Å². The first-order chi connectivity index (χ1) is 18.8. The van der Waals surface area contributed by atoms with Gasteiger partial charge in [-0.2, -0.15) is 17.5 Å². The normalized spacial score (nSPS) is 17.4. The molecule has 0 aromatic carbocycles. The maximum absolute atomic E-state index is 11.8. The summed E-state index contributed by atoms with van der Waals surface area (Å²) in [5.41, 5.74) is 7.24. The summed E-state index contributed by atoms with van der Waals surface area (Å²) < 4.78 is 63.4. The molecule has 5 heterocycles. The number of aliphatic carboxylic acids is 1. The summed E-state index contributed by atoms with van der Waals surface area (Å²) in [7, 11) is -3.14. The number of nitrogens with zero attached hydrogens (tertiary/aromatic N) is 7. The molecule has 0 bridgehead atoms. The monoisotopic (exact) mass is 604 g/mol. The van der Waals surface area contributed by atoms with Gasteiger partial charge in [0.2, 0.25) is 16.0 Å². The first kappa shape index (κ1) is 29.8. The van der Waals surface area contributed by atoms with Crippen LogP contribution in [0.25, 0.3) is 21.6 Å². The van der Waals surface area contributed by atoms with E-state index < -0.39 is 22.2 Å². The molecule has 0 amide bonds. The van der Waals surface area contributed by atoms with E-state index in [1.807, 2.05) is 0 Å². The number of carboxylic acid groups (broad SMARTS) is 1. The molecule has 0 spiro atoms. The third-order valence-electron chi connectivity index (χ3n) is 6.07. The number of morpholine rings is 1. The molecule has 0 saturated carbocycles. The second-order valence-corrected chi connectivity index (χ2v) is 12.1. The Morgan fingerprint density at radius 2 is 1.70 bits per heavy atom. The van der Waals surface area contributed by atoms with Crippen LogP contribution in [0.4, 0.5) is 24.9 Å². The third kappa shape index (κ3) is 7.51. The molecule has 13 nitrogen and oxygen atoms in total. The average molecular weight is 605 g/mol. The highest BCUT2D eigenvalue weighted by Crippen LogP contribution is 2.35. The van der Waals surface area contributed by atoms with Crippen molar-refractivity contribution in [2.75, 3.05) is 69.4 Å². The molecule has 2 fully saturated rings. The van der Waals surface area contributed by atoms with Crippen molar-refractivity contribution >= 4 is 49.3 Å². The maximum Gasteiger partial charge on any atom is 0.490 e. The van der Waals surface area contributed by atoms with E-state index >= 15 is 0 Å². The summed E-state index contributed by atoms with van der Waals surface area (Å²) >= 11 is 1.69. The summed E-state index contributed by atoms with van der Waals surface area (Å²) in [6.07, 6.45) is -0.535. The van der Waals surface area contributed by atoms with Gasteiger partial charge < -0.3 is 20.5 Å². The summed E-state index contributed by atoms with van der Waals surface area (Å²) in [5.74, 6) is -1.09. The van der Waals surface area contributed by atoms with Crippen LogP contribution >= 0.6 is 11.3 Å². The number of aromatic nitrogens is 4. The van der Waals surface area contributed by atoms with Crippen molar-refractivity contribution in [3.8, 4) is 11.4 Å². The summed E-state index contributed by atoms with van der Waals surface area (Å²) in [4.78, 5) is 32.4. The average Bonchev–Trinajstić information content (AvgIpc) is 3.31. The number of carbonyl (C=O) groups is 1. The molecular weight excluding hydrogens is 577 g/mol. The quantitative estimate of drug-likeness (QED) is 0.429. The van der Waals surface area contributed by atoms with Gasteiger partial charge in [0.25, 0.3) is 0 Å². The SMILES string of the molecule is CS(=O)(=O)N1CCN(Cc2cc3nc(-c4cnc(N)nc4)nc(N4CCOCC4)c3s2)CC1.O=C(O)C(F)(F)F. The van der Waals surface area contributed by atoms with E-state index in [1.165, 1.54) is 15.4 Å². The Hall–Kier alpha value is -3.19. The number of hydrogen-bond acceptors (Lipinski definition) is 12. The Bertz CT molecular complexity index is 1440. The van der Waals surface area contributed by atoms with Crippen LogP contribution in [0.3, 0.4) is 0 Å². The minimum absolute atomic E-state index is 0.210. The topological polar surface area (TPSA) is 168 Å². The summed E-state index contributed by atoms with van der Waals surface area (Å²) in [5, 5.41) is 7.12. The summed E-state index contributed by atoms with van der Waals surface area (Å²) in [6, 6.07) is 2.11. The number of halogens is 3. The Morgan fingerprint density at radius 1 is 1.10 bits per heavy atom. The fraction of sp³-hybridized carbons (Fsp3) is 0.500. The van der Waals surface area contributed by atoms with Gasteiger partial charge in [0.15, 0.2) is 11.6 Å². The molecule has 2 saturated heterocycles. The fourth-order valence-corrected chi connectivity index (χ4v) is 6.04. The number of hydrogen-bond donors (Lipinski definition) is 2. The molecule has 18 heteroatoms. The smallest absolute Gasteiger partial charge is 0.475 e. The van der Waals surface area contributed by atoms with Crippen molar-refractivity contribution in [2.45, 2.75) is 12.7 Å². The first-order valence-electron chi connectivity index (χ1n) is 12.0. The fourth-order valence-electron chi connectivity index (χ4n) is 4.05. The highest BCUT2D eigenvalue weighted by atomic mass is 32.2. The predicted molar refractivity (Wildman–Crippen MR) is 141 cm³/mol. The van der Waals surface area contributed by atoms with Crippen molar-refractivity contribution in [3.05, 3.63) is 23.3 Å². The number of alkyl halides is 3. The zero-order valence-electron chi connectivity index (χ0n) is 21.3. The van der Waals surface area contributed by atoms with Gasteiger partial charge >= 0.3 is 12.1 Å². The number of nitrogen functional groups attached to an aromatic ring is 1. The Balaban J connectivity index is 0.000000470. The molecule has 0 radical (unpaired) electrons. The lowest BCUT2D eigenvalue weighted by Crippen LogP contribution is -2.47. The number of anilines is 2. The molecule has 3 aromatic heterocycles. The molecule has 218 valence electrons. The van der Waals surface area contributed by atoms with Crippen molar-refractivity contribution < 1.29 is 36.2 Å². The molecule has 2 aliphatic heterocycles. The first-order valence-corrected chi connectivity index (χ1v) is 14.7. The van der Waals surface area contributed by atoms with E-state index in [0.717, 1.165) is 35.7 Å². The minimum Gasteiger partial charge on any atom is -0.475 e. The number of piperazine rings is 1. The lowest BCUT2D eigenvalue weighted by atomic mass is 10.3. The van der Waals surface area contributed by atoms with Crippen LogP contribution < -0.4 is 10.6 Å².